The number of benzene rings is 2. The standard InChI is InChI=1S/C22H26N4O3S/c1-16(2)20-13-8-17-6-4-5-7-21(17)26(20)30(27,28)19-11-9-18(10-12-19)29-14-22-23-15-24-25(22)3/h4-7,9-12,15-16,20H,8,13-14H2,1-3H3. The van der Waals surface area contributed by atoms with E-state index in [1.165, 1.54) is 6.33 Å². The molecule has 4 rings (SSSR count). The van der Waals surface area contributed by atoms with Crippen molar-refractivity contribution in [2.75, 3.05) is 4.31 Å². The maximum Gasteiger partial charge on any atom is 0.264 e. The van der Waals surface area contributed by atoms with Crippen LogP contribution < -0.4 is 9.04 Å². The van der Waals surface area contributed by atoms with Gasteiger partial charge in [0, 0.05) is 13.1 Å². The Balaban J connectivity index is 1.61. The van der Waals surface area contributed by atoms with Gasteiger partial charge < -0.3 is 4.74 Å². The Morgan fingerprint density at radius 1 is 1.13 bits per heavy atom. The van der Waals surface area contributed by atoms with E-state index >= 15 is 0 Å². The van der Waals surface area contributed by atoms with Crippen LogP contribution in [0.4, 0.5) is 5.69 Å². The molecule has 158 valence electrons. The van der Waals surface area contributed by atoms with E-state index in [1.54, 1.807) is 40.3 Å². The number of nitrogens with zero attached hydrogens (tertiary/aromatic N) is 4. The lowest BCUT2D eigenvalue weighted by Gasteiger charge is -2.40. The molecule has 1 aromatic heterocycles. The average Bonchev–Trinajstić information content (AvgIpc) is 3.16. The normalized spacial score (nSPS) is 16.5. The molecule has 1 atom stereocenters. The molecular formula is C22H26N4O3S. The highest BCUT2D eigenvalue weighted by atomic mass is 32.2. The highest BCUT2D eigenvalue weighted by Crippen LogP contribution is 2.38. The molecule has 0 aliphatic carbocycles. The summed E-state index contributed by atoms with van der Waals surface area (Å²) >= 11 is 0. The Morgan fingerprint density at radius 2 is 1.87 bits per heavy atom. The molecule has 8 heteroatoms. The van der Waals surface area contributed by atoms with Crippen molar-refractivity contribution in [2.45, 2.75) is 44.2 Å². The van der Waals surface area contributed by atoms with Crippen molar-refractivity contribution in [1.29, 1.82) is 0 Å². The lowest BCUT2D eigenvalue weighted by Crippen LogP contribution is -2.46. The topological polar surface area (TPSA) is 77.3 Å². The molecule has 0 saturated heterocycles. The molecule has 0 fully saturated rings. The molecule has 1 aliphatic rings. The van der Waals surface area contributed by atoms with Gasteiger partial charge in [-0.3, -0.25) is 8.99 Å². The number of aromatic nitrogens is 3. The van der Waals surface area contributed by atoms with Gasteiger partial charge in [0.05, 0.1) is 10.6 Å². The Bertz CT molecular complexity index is 1120. The first-order valence-electron chi connectivity index (χ1n) is 10.1. The average molecular weight is 427 g/mol. The second-order valence-electron chi connectivity index (χ2n) is 7.84. The molecule has 1 aliphatic heterocycles. The van der Waals surface area contributed by atoms with Crippen LogP contribution in [0.3, 0.4) is 0 Å². The van der Waals surface area contributed by atoms with Gasteiger partial charge in [-0.1, -0.05) is 32.0 Å². The summed E-state index contributed by atoms with van der Waals surface area (Å²) in [7, 11) is -1.91. The second-order valence-corrected chi connectivity index (χ2v) is 9.65. The molecule has 30 heavy (non-hydrogen) atoms. The van der Waals surface area contributed by atoms with E-state index in [4.69, 9.17) is 4.74 Å². The van der Waals surface area contributed by atoms with Crippen molar-refractivity contribution in [2.24, 2.45) is 13.0 Å². The lowest BCUT2D eigenvalue weighted by molar-refractivity contribution is 0.289. The fourth-order valence-corrected chi connectivity index (χ4v) is 5.72. The Morgan fingerprint density at radius 3 is 2.53 bits per heavy atom. The molecule has 0 N–H and O–H groups in total. The second kappa shape index (κ2) is 8.10. The maximum atomic E-state index is 13.6. The summed E-state index contributed by atoms with van der Waals surface area (Å²) in [5.74, 6) is 1.48. The molecule has 0 amide bonds. The van der Waals surface area contributed by atoms with Crippen molar-refractivity contribution in [1.82, 2.24) is 14.8 Å². The zero-order valence-corrected chi connectivity index (χ0v) is 18.2. The first-order valence-corrected chi connectivity index (χ1v) is 11.5. The monoisotopic (exact) mass is 426 g/mol. The fourth-order valence-electron chi connectivity index (χ4n) is 3.87. The third-order valence-electron chi connectivity index (χ3n) is 5.56. The Hall–Kier alpha value is -2.87. The number of rotatable bonds is 6. The largest absolute Gasteiger partial charge is 0.486 e. The molecule has 0 saturated carbocycles. The molecule has 3 aromatic rings. The van der Waals surface area contributed by atoms with Gasteiger partial charge in [0.2, 0.25) is 0 Å². The van der Waals surface area contributed by atoms with Gasteiger partial charge in [0.1, 0.15) is 18.7 Å². The van der Waals surface area contributed by atoms with E-state index in [-0.39, 0.29) is 23.5 Å². The van der Waals surface area contributed by atoms with Crippen LogP contribution >= 0.6 is 0 Å². The first-order chi connectivity index (χ1) is 14.4. The number of hydrogen-bond acceptors (Lipinski definition) is 5. The predicted octanol–water partition coefficient (Wildman–Crippen LogP) is 3.56. The predicted molar refractivity (Wildman–Crippen MR) is 115 cm³/mol. The van der Waals surface area contributed by atoms with Crippen LogP contribution in [0.25, 0.3) is 0 Å². The highest BCUT2D eigenvalue weighted by molar-refractivity contribution is 7.92. The van der Waals surface area contributed by atoms with Crippen LogP contribution in [-0.4, -0.2) is 29.2 Å². The Kier molecular flexibility index (Phi) is 5.51. The van der Waals surface area contributed by atoms with Crippen LogP contribution in [0.5, 0.6) is 5.75 Å². The molecule has 7 nitrogen and oxygen atoms in total. The number of anilines is 1. The first kappa shape index (κ1) is 20.4. The molecule has 0 bridgehead atoms. The van der Waals surface area contributed by atoms with Crippen molar-refractivity contribution in [3.63, 3.8) is 0 Å². The van der Waals surface area contributed by atoms with Crippen LogP contribution in [-0.2, 0) is 30.1 Å². The van der Waals surface area contributed by atoms with Crippen molar-refractivity contribution in [3.05, 3.63) is 66.2 Å². The van der Waals surface area contributed by atoms with E-state index in [1.807, 2.05) is 24.3 Å². The summed E-state index contributed by atoms with van der Waals surface area (Å²) in [4.78, 5) is 4.38. The number of fused-ring (bicyclic) bond motifs is 1. The van der Waals surface area contributed by atoms with Crippen molar-refractivity contribution in [3.8, 4) is 5.75 Å². The minimum Gasteiger partial charge on any atom is -0.486 e. The lowest BCUT2D eigenvalue weighted by atomic mass is 9.91. The summed E-state index contributed by atoms with van der Waals surface area (Å²) in [5, 5.41) is 4.01. The zero-order valence-electron chi connectivity index (χ0n) is 17.4. The number of ether oxygens (including phenoxy) is 1. The summed E-state index contributed by atoms with van der Waals surface area (Å²) in [5.41, 5.74) is 1.85. The van der Waals surface area contributed by atoms with Gasteiger partial charge in [0.15, 0.2) is 5.82 Å². The maximum absolute atomic E-state index is 13.6. The third-order valence-corrected chi connectivity index (χ3v) is 7.42. The van der Waals surface area contributed by atoms with Crippen LogP contribution in [0.1, 0.15) is 31.7 Å². The summed E-state index contributed by atoms with van der Waals surface area (Å²) in [6, 6.07) is 14.3. The summed E-state index contributed by atoms with van der Waals surface area (Å²) in [6.07, 6.45) is 3.17. The number of hydrogen-bond donors (Lipinski definition) is 0. The van der Waals surface area contributed by atoms with Crippen LogP contribution in [0.15, 0.2) is 59.8 Å². The number of aryl methyl sites for hydroxylation is 2. The van der Waals surface area contributed by atoms with E-state index in [2.05, 4.69) is 23.9 Å². The van der Waals surface area contributed by atoms with E-state index < -0.39 is 10.0 Å². The van der Waals surface area contributed by atoms with Crippen LogP contribution in [0, 0.1) is 5.92 Å². The minimum absolute atomic E-state index is 0.0725. The van der Waals surface area contributed by atoms with E-state index in [0.717, 1.165) is 24.1 Å². The van der Waals surface area contributed by atoms with Gasteiger partial charge >= 0.3 is 0 Å². The highest BCUT2D eigenvalue weighted by Gasteiger charge is 2.37. The third kappa shape index (κ3) is 3.79. The van der Waals surface area contributed by atoms with Gasteiger partial charge in [-0.05, 0) is 54.7 Å². The number of para-hydroxylation sites is 1. The van der Waals surface area contributed by atoms with Gasteiger partial charge in [-0.2, -0.15) is 5.10 Å². The Labute approximate surface area is 177 Å². The molecule has 0 spiro atoms. The smallest absolute Gasteiger partial charge is 0.264 e. The molecule has 1 unspecified atom stereocenters. The molecular weight excluding hydrogens is 400 g/mol. The summed E-state index contributed by atoms with van der Waals surface area (Å²) < 4.78 is 36.2. The minimum atomic E-state index is -3.70. The van der Waals surface area contributed by atoms with Crippen LogP contribution in [0.2, 0.25) is 0 Å². The fraction of sp³-hybridized carbons (Fsp3) is 0.364. The quantitative estimate of drug-likeness (QED) is 0.602. The van der Waals surface area contributed by atoms with Gasteiger partial charge in [-0.25, -0.2) is 13.4 Å². The van der Waals surface area contributed by atoms with E-state index in [9.17, 15) is 8.42 Å². The number of sulfonamides is 1. The SMILES string of the molecule is CC(C)C1CCc2ccccc2N1S(=O)(=O)c1ccc(OCc2ncnn2C)cc1. The molecule has 2 heterocycles. The van der Waals surface area contributed by atoms with Gasteiger partial charge in [-0.15, -0.1) is 0 Å². The van der Waals surface area contributed by atoms with E-state index in [0.29, 0.717) is 11.6 Å². The van der Waals surface area contributed by atoms with Gasteiger partial charge in [0.25, 0.3) is 10.0 Å². The zero-order chi connectivity index (χ0) is 21.3. The molecule has 0 radical (unpaired) electrons. The van der Waals surface area contributed by atoms with Crippen molar-refractivity contribution >= 4 is 15.7 Å². The summed E-state index contributed by atoms with van der Waals surface area (Å²) in [6.45, 7) is 4.41. The van der Waals surface area contributed by atoms with Crippen molar-refractivity contribution < 1.29 is 13.2 Å². The molecule has 2 aromatic carbocycles.